The molecule has 0 nitrogen and oxygen atoms in total. The molecule has 0 aliphatic heterocycles. The molecule has 0 unspecified atom stereocenters. The molecule has 82 valence electrons. The van der Waals surface area contributed by atoms with Gasteiger partial charge >= 0.3 is 20.1 Å². The van der Waals surface area contributed by atoms with Crippen LogP contribution in [-0.2, 0) is 20.1 Å². The van der Waals surface area contributed by atoms with Gasteiger partial charge in [0, 0.05) is 5.41 Å². The van der Waals surface area contributed by atoms with E-state index < -0.39 is 0 Å². The molecule has 0 radical (unpaired) electrons. The molecule has 0 atom stereocenters. The standard InChI is InChI=1S/C14H18.Ir/c1-14(11-7-8-12-14)13-9-5-3-2-4-6-10-13;/h2-3,7-8,10-12H,4-6,9H2,1H3;/q;+1. The van der Waals surface area contributed by atoms with E-state index in [0.29, 0.717) is 0 Å². The molecule has 0 saturated carbocycles. The third kappa shape index (κ3) is 3.03. The van der Waals surface area contributed by atoms with Gasteiger partial charge < -0.3 is 0 Å². The summed E-state index contributed by atoms with van der Waals surface area (Å²) in [5.41, 5.74) is 1.80. The molecular formula is C14H18Ir+. The van der Waals surface area contributed by atoms with Gasteiger partial charge in [-0.2, -0.15) is 0 Å². The summed E-state index contributed by atoms with van der Waals surface area (Å²) in [5, 5.41) is 0. The molecule has 0 amide bonds. The summed E-state index contributed by atoms with van der Waals surface area (Å²) in [6.45, 7) is 2.31. The molecule has 0 aromatic rings. The Morgan fingerprint density at radius 1 is 1.00 bits per heavy atom. The van der Waals surface area contributed by atoms with Crippen LogP contribution in [0.3, 0.4) is 0 Å². The van der Waals surface area contributed by atoms with Crippen LogP contribution in [0.1, 0.15) is 32.6 Å². The fourth-order valence-corrected chi connectivity index (χ4v) is 2.20. The van der Waals surface area contributed by atoms with E-state index in [1.807, 2.05) is 0 Å². The van der Waals surface area contributed by atoms with E-state index in [1.54, 1.807) is 5.57 Å². The van der Waals surface area contributed by atoms with Crippen LogP contribution in [0.2, 0.25) is 0 Å². The van der Waals surface area contributed by atoms with Crippen LogP contribution >= 0.6 is 0 Å². The summed E-state index contributed by atoms with van der Waals surface area (Å²) < 4.78 is 0. The summed E-state index contributed by atoms with van der Waals surface area (Å²) in [7, 11) is 0. The van der Waals surface area contributed by atoms with Crippen molar-refractivity contribution in [3.8, 4) is 0 Å². The van der Waals surface area contributed by atoms with Gasteiger partial charge in [0.1, 0.15) is 0 Å². The Kier molecular flexibility index (Phi) is 4.76. The summed E-state index contributed by atoms with van der Waals surface area (Å²) in [6, 6.07) is 0. The maximum atomic E-state index is 2.43. The van der Waals surface area contributed by atoms with E-state index in [-0.39, 0.29) is 25.5 Å². The Balaban J connectivity index is 0.00000112. The Morgan fingerprint density at radius 3 is 2.40 bits per heavy atom. The van der Waals surface area contributed by atoms with Crippen LogP contribution in [0.25, 0.3) is 0 Å². The molecule has 0 aromatic heterocycles. The van der Waals surface area contributed by atoms with Crippen molar-refractivity contribution in [3.63, 3.8) is 0 Å². The minimum absolute atomic E-state index is 0. The quantitative estimate of drug-likeness (QED) is 0.601. The molecule has 0 heterocycles. The van der Waals surface area contributed by atoms with Crippen molar-refractivity contribution in [2.75, 3.05) is 0 Å². The molecule has 2 aliphatic carbocycles. The minimum Gasteiger partial charge on any atom is -0.0882 e. The fraction of sp³-hybridized carbons (Fsp3) is 0.429. The van der Waals surface area contributed by atoms with Gasteiger partial charge in [0.15, 0.2) is 0 Å². The van der Waals surface area contributed by atoms with E-state index in [9.17, 15) is 0 Å². The van der Waals surface area contributed by atoms with E-state index in [1.165, 1.54) is 25.7 Å². The summed E-state index contributed by atoms with van der Waals surface area (Å²) in [5.74, 6) is 0. The predicted octanol–water partition coefficient (Wildman–Crippen LogP) is 4.17. The predicted molar refractivity (Wildman–Crippen MR) is 62.1 cm³/mol. The Morgan fingerprint density at radius 2 is 1.67 bits per heavy atom. The van der Waals surface area contributed by atoms with Gasteiger partial charge in [-0.25, -0.2) is 0 Å². The molecule has 15 heavy (non-hydrogen) atoms. The van der Waals surface area contributed by atoms with E-state index in [4.69, 9.17) is 0 Å². The third-order valence-electron chi connectivity index (χ3n) is 3.16. The van der Waals surface area contributed by atoms with Gasteiger partial charge in [0.2, 0.25) is 0 Å². The minimum atomic E-state index is 0. The summed E-state index contributed by atoms with van der Waals surface area (Å²) in [6.07, 6.45) is 20.8. The van der Waals surface area contributed by atoms with Gasteiger partial charge in [-0.05, 0) is 32.6 Å². The number of allylic oxidation sites excluding steroid dienone is 8. The van der Waals surface area contributed by atoms with Crippen molar-refractivity contribution in [1.82, 2.24) is 0 Å². The van der Waals surface area contributed by atoms with Crippen LogP contribution < -0.4 is 0 Å². The van der Waals surface area contributed by atoms with E-state index in [2.05, 4.69) is 49.5 Å². The van der Waals surface area contributed by atoms with Crippen molar-refractivity contribution in [2.45, 2.75) is 32.6 Å². The second-order valence-electron chi connectivity index (χ2n) is 4.32. The Labute approximate surface area is 106 Å². The summed E-state index contributed by atoms with van der Waals surface area (Å²) in [4.78, 5) is 0. The zero-order chi connectivity index (χ0) is 9.86. The van der Waals surface area contributed by atoms with Crippen molar-refractivity contribution in [2.24, 2.45) is 5.41 Å². The first kappa shape index (κ1) is 12.7. The largest absolute Gasteiger partial charge is 1.00 e. The van der Waals surface area contributed by atoms with E-state index in [0.717, 1.165) is 0 Å². The monoisotopic (exact) mass is 379 g/mol. The summed E-state index contributed by atoms with van der Waals surface area (Å²) >= 11 is 0. The Bertz CT molecular complexity index is 306. The average Bonchev–Trinajstić information content (AvgIpc) is 2.52. The average molecular weight is 379 g/mol. The number of rotatable bonds is 1. The molecule has 2 rings (SSSR count). The molecule has 0 bridgehead atoms. The number of hydrogen-bond donors (Lipinski definition) is 0. The zero-order valence-electron chi connectivity index (χ0n) is 9.20. The van der Waals surface area contributed by atoms with E-state index >= 15 is 0 Å². The number of hydrogen-bond acceptors (Lipinski definition) is 0. The molecular weight excluding hydrogens is 360 g/mol. The molecule has 2 aliphatic rings. The van der Waals surface area contributed by atoms with Crippen molar-refractivity contribution >= 4 is 0 Å². The van der Waals surface area contributed by atoms with Gasteiger partial charge in [0.05, 0.1) is 0 Å². The van der Waals surface area contributed by atoms with Gasteiger partial charge in [-0.1, -0.05) is 48.1 Å². The SMILES string of the molecule is CC1(C2=CCCC=CCC2)C=CC=C1.[Ir+]. The van der Waals surface area contributed by atoms with Gasteiger partial charge in [-0.15, -0.1) is 0 Å². The molecule has 0 saturated heterocycles. The normalized spacial score (nSPS) is 22.9. The van der Waals surface area contributed by atoms with Crippen molar-refractivity contribution in [3.05, 3.63) is 48.1 Å². The molecule has 0 fully saturated rings. The van der Waals surface area contributed by atoms with Crippen LogP contribution in [0.5, 0.6) is 0 Å². The first-order valence-corrected chi connectivity index (χ1v) is 5.53. The van der Waals surface area contributed by atoms with Crippen LogP contribution in [0.4, 0.5) is 0 Å². The van der Waals surface area contributed by atoms with Crippen LogP contribution in [0.15, 0.2) is 48.1 Å². The zero-order valence-corrected chi connectivity index (χ0v) is 11.6. The van der Waals surface area contributed by atoms with Crippen molar-refractivity contribution in [1.29, 1.82) is 0 Å². The smallest absolute Gasteiger partial charge is 0.0882 e. The molecule has 0 N–H and O–H groups in total. The fourth-order valence-electron chi connectivity index (χ4n) is 2.20. The Hall–Kier alpha value is -0.391. The second kappa shape index (κ2) is 5.63. The van der Waals surface area contributed by atoms with Crippen LogP contribution in [-0.4, -0.2) is 0 Å². The third-order valence-corrected chi connectivity index (χ3v) is 3.16. The van der Waals surface area contributed by atoms with Crippen molar-refractivity contribution < 1.29 is 20.1 Å². The topological polar surface area (TPSA) is 0 Å². The molecule has 0 aromatic carbocycles. The maximum Gasteiger partial charge on any atom is 1.00 e. The van der Waals surface area contributed by atoms with Gasteiger partial charge in [-0.3, -0.25) is 0 Å². The second-order valence-corrected chi connectivity index (χ2v) is 4.32. The molecule has 0 spiro atoms. The first-order valence-electron chi connectivity index (χ1n) is 5.53. The maximum absolute atomic E-state index is 2.43. The van der Waals surface area contributed by atoms with Gasteiger partial charge in [0.25, 0.3) is 0 Å². The molecule has 1 heteroatoms. The van der Waals surface area contributed by atoms with Crippen LogP contribution in [0, 0.1) is 5.41 Å². The first-order chi connectivity index (χ1) is 6.81.